The maximum atomic E-state index is 11.8. The Balaban J connectivity index is 1.84. The average Bonchev–Trinajstić information content (AvgIpc) is 3.33. The van der Waals surface area contributed by atoms with Gasteiger partial charge in [-0.05, 0) is 43.4 Å². The minimum Gasteiger partial charge on any atom is -0.493 e. The highest BCUT2D eigenvalue weighted by Crippen LogP contribution is 2.50. The third-order valence-corrected chi connectivity index (χ3v) is 4.17. The van der Waals surface area contributed by atoms with E-state index in [0.29, 0.717) is 18.1 Å². The fourth-order valence-corrected chi connectivity index (χ4v) is 2.54. The zero-order chi connectivity index (χ0) is 14.2. The Morgan fingerprint density at radius 3 is 2.55 bits per heavy atom. The third kappa shape index (κ3) is 2.52. The SMILES string of the molecule is COCC1(c2ccc(OC)c(OC(=O)C3CC3)c2)CC1. The second-order valence-corrected chi connectivity index (χ2v) is 5.77. The van der Waals surface area contributed by atoms with Crippen LogP contribution in [-0.4, -0.2) is 26.8 Å². The highest BCUT2D eigenvalue weighted by atomic mass is 16.6. The van der Waals surface area contributed by atoms with Gasteiger partial charge in [-0.15, -0.1) is 0 Å². The molecule has 1 aromatic rings. The second kappa shape index (κ2) is 5.09. The van der Waals surface area contributed by atoms with Gasteiger partial charge in [0.05, 0.1) is 19.6 Å². The zero-order valence-corrected chi connectivity index (χ0v) is 12.0. The van der Waals surface area contributed by atoms with Crippen molar-refractivity contribution < 1.29 is 19.0 Å². The van der Waals surface area contributed by atoms with Gasteiger partial charge in [-0.25, -0.2) is 0 Å². The van der Waals surface area contributed by atoms with Gasteiger partial charge < -0.3 is 14.2 Å². The molecule has 2 aliphatic rings. The molecule has 0 heterocycles. The Bertz CT molecular complexity index is 515. The normalized spacial score (nSPS) is 19.5. The second-order valence-electron chi connectivity index (χ2n) is 5.77. The first-order valence-electron chi connectivity index (χ1n) is 7.08. The first-order chi connectivity index (χ1) is 9.68. The van der Waals surface area contributed by atoms with Crippen LogP contribution in [-0.2, 0) is 14.9 Å². The van der Waals surface area contributed by atoms with Crippen LogP contribution in [0.1, 0.15) is 31.2 Å². The topological polar surface area (TPSA) is 44.8 Å². The van der Waals surface area contributed by atoms with Gasteiger partial charge in [0.15, 0.2) is 11.5 Å². The van der Waals surface area contributed by atoms with Crippen molar-refractivity contribution in [2.24, 2.45) is 5.92 Å². The Morgan fingerprint density at radius 1 is 1.25 bits per heavy atom. The summed E-state index contributed by atoms with van der Waals surface area (Å²) < 4.78 is 16.1. The molecule has 4 heteroatoms. The Morgan fingerprint density at radius 2 is 2.00 bits per heavy atom. The molecule has 2 aliphatic carbocycles. The van der Waals surface area contributed by atoms with Gasteiger partial charge in [-0.3, -0.25) is 4.79 Å². The van der Waals surface area contributed by atoms with E-state index in [9.17, 15) is 4.79 Å². The number of benzene rings is 1. The maximum Gasteiger partial charge on any atom is 0.314 e. The Kier molecular flexibility index (Phi) is 3.42. The van der Waals surface area contributed by atoms with Crippen molar-refractivity contribution in [3.63, 3.8) is 0 Å². The van der Waals surface area contributed by atoms with E-state index >= 15 is 0 Å². The highest BCUT2D eigenvalue weighted by molar-refractivity contribution is 5.78. The first-order valence-corrected chi connectivity index (χ1v) is 7.08. The van der Waals surface area contributed by atoms with E-state index in [4.69, 9.17) is 14.2 Å². The summed E-state index contributed by atoms with van der Waals surface area (Å²) in [5, 5.41) is 0. The summed E-state index contributed by atoms with van der Waals surface area (Å²) in [5.74, 6) is 1.08. The highest BCUT2D eigenvalue weighted by Gasteiger charge is 2.44. The molecule has 108 valence electrons. The van der Waals surface area contributed by atoms with Gasteiger partial charge in [0.25, 0.3) is 0 Å². The van der Waals surface area contributed by atoms with Gasteiger partial charge in [0.2, 0.25) is 0 Å². The molecule has 0 N–H and O–H groups in total. The number of esters is 1. The van der Waals surface area contributed by atoms with E-state index in [1.54, 1.807) is 14.2 Å². The summed E-state index contributed by atoms with van der Waals surface area (Å²) in [6.45, 7) is 0.704. The van der Waals surface area contributed by atoms with Crippen LogP contribution in [0.4, 0.5) is 0 Å². The van der Waals surface area contributed by atoms with Crippen molar-refractivity contribution >= 4 is 5.97 Å². The average molecular weight is 276 g/mol. The summed E-state index contributed by atoms with van der Waals surface area (Å²) in [4.78, 5) is 11.8. The lowest BCUT2D eigenvalue weighted by atomic mass is 9.96. The molecule has 0 aromatic heterocycles. The molecule has 0 spiro atoms. The van der Waals surface area contributed by atoms with Gasteiger partial charge in [0.1, 0.15) is 0 Å². The van der Waals surface area contributed by atoms with Crippen molar-refractivity contribution in [3.8, 4) is 11.5 Å². The lowest BCUT2D eigenvalue weighted by molar-refractivity contribution is -0.135. The monoisotopic (exact) mass is 276 g/mol. The molecule has 0 amide bonds. The molecule has 1 aromatic carbocycles. The van der Waals surface area contributed by atoms with E-state index in [-0.39, 0.29) is 17.3 Å². The van der Waals surface area contributed by atoms with Crippen LogP contribution >= 0.6 is 0 Å². The largest absolute Gasteiger partial charge is 0.493 e. The summed E-state index contributed by atoms with van der Waals surface area (Å²) in [5.41, 5.74) is 1.26. The predicted octanol–water partition coefficient (Wildman–Crippen LogP) is 2.69. The van der Waals surface area contributed by atoms with Crippen LogP contribution in [0.15, 0.2) is 18.2 Å². The minimum absolute atomic E-state index is 0.0808. The molecule has 20 heavy (non-hydrogen) atoms. The van der Waals surface area contributed by atoms with Crippen LogP contribution in [0.25, 0.3) is 0 Å². The molecule has 2 fully saturated rings. The van der Waals surface area contributed by atoms with Crippen LogP contribution in [0.5, 0.6) is 11.5 Å². The van der Waals surface area contributed by atoms with E-state index in [0.717, 1.165) is 25.7 Å². The first kappa shape index (κ1) is 13.4. The van der Waals surface area contributed by atoms with Crippen LogP contribution < -0.4 is 9.47 Å². The molecule has 0 atom stereocenters. The number of hydrogen-bond donors (Lipinski definition) is 0. The number of carbonyl (C=O) groups is 1. The molecule has 0 bridgehead atoms. The molecule has 0 unspecified atom stereocenters. The number of hydrogen-bond acceptors (Lipinski definition) is 4. The van der Waals surface area contributed by atoms with Gasteiger partial charge in [0, 0.05) is 12.5 Å². The Hall–Kier alpha value is -1.55. The van der Waals surface area contributed by atoms with Crippen LogP contribution in [0.2, 0.25) is 0 Å². The van der Waals surface area contributed by atoms with E-state index < -0.39 is 0 Å². The quantitative estimate of drug-likeness (QED) is 0.592. The van der Waals surface area contributed by atoms with Crippen molar-refractivity contribution in [3.05, 3.63) is 23.8 Å². The van der Waals surface area contributed by atoms with Crippen molar-refractivity contribution in [2.45, 2.75) is 31.1 Å². The number of carbonyl (C=O) groups excluding carboxylic acids is 1. The molecule has 0 radical (unpaired) electrons. The van der Waals surface area contributed by atoms with Crippen molar-refractivity contribution in [1.29, 1.82) is 0 Å². The van der Waals surface area contributed by atoms with Gasteiger partial charge >= 0.3 is 5.97 Å². The summed E-state index contributed by atoms with van der Waals surface area (Å²) in [6.07, 6.45) is 4.11. The van der Waals surface area contributed by atoms with Gasteiger partial charge in [-0.2, -0.15) is 0 Å². The lowest BCUT2D eigenvalue weighted by Gasteiger charge is -2.17. The Labute approximate surface area is 119 Å². The smallest absolute Gasteiger partial charge is 0.314 e. The number of methoxy groups -OCH3 is 2. The molecule has 0 saturated heterocycles. The molecule has 0 aliphatic heterocycles. The van der Waals surface area contributed by atoms with Gasteiger partial charge in [-0.1, -0.05) is 6.07 Å². The molecular formula is C16H20O4. The number of rotatable bonds is 6. The molecule has 3 rings (SSSR count). The molecule has 2 saturated carbocycles. The summed E-state index contributed by atoms with van der Waals surface area (Å²) in [6, 6.07) is 5.85. The van der Waals surface area contributed by atoms with E-state index in [1.807, 2.05) is 18.2 Å². The standard InChI is InChI=1S/C16H20O4/c1-18-10-16(7-8-16)12-5-6-13(19-2)14(9-12)20-15(17)11-3-4-11/h5-6,9,11H,3-4,7-8,10H2,1-2H3. The fourth-order valence-electron chi connectivity index (χ4n) is 2.54. The van der Waals surface area contributed by atoms with Crippen LogP contribution in [0, 0.1) is 5.92 Å². The molecular weight excluding hydrogens is 256 g/mol. The van der Waals surface area contributed by atoms with E-state index in [1.165, 1.54) is 5.56 Å². The number of ether oxygens (including phenoxy) is 3. The third-order valence-electron chi connectivity index (χ3n) is 4.17. The van der Waals surface area contributed by atoms with E-state index in [2.05, 4.69) is 0 Å². The predicted molar refractivity (Wildman–Crippen MR) is 74.1 cm³/mol. The van der Waals surface area contributed by atoms with Crippen molar-refractivity contribution in [2.75, 3.05) is 20.8 Å². The zero-order valence-electron chi connectivity index (χ0n) is 12.0. The maximum absolute atomic E-state index is 11.8. The molecule has 4 nitrogen and oxygen atoms in total. The van der Waals surface area contributed by atoms with Crippen LogP contribution in [0.3, 0.4) is 0 Å². The fraction of sp³-hybridized carbons (Fsp3) is 0.562. The summed E-state index contributed by atoms with van der Waals surface area (Å²) >= 11 is 0. The summed E-state index contributed by atoms with van der Waals surface area (Å²) in [7, 11) is 3.31. The minimum atomic E-state index is -0.142. The van der Waals surface area contributed by atoms with Crippen molar-refractivity contribution in [1.82, 2.24) is 0 Å². The lowest BCUT2D eigenvalue weighted by Crippen LogP contribution is -2.15.